The molecule has 5 nitrogen and oxygen atoms in total. The Hall–Kier alpha value is -0.650. The van der Waals surface area contributed by atoms with E-state index in [9.17, 15) is 9.90 Å². The number of aliphatic hydroxyl groups is 1. The van der Waals surface area contributed by atoms with Crippen LogP contribution < -0.4 is 11.3 Å². The molecule has 0 aromatic carbocycles. The Balaban J connectivity index is 1.91. The highest BCUT2D eigenvalue weighted by atomic mass is 16.3. The van der Waals surface area contributed by atoms with Gasteiger partial charge in [-0.1, -0.05) is 6.42 Å². The molecule has 0 aromatic heterocycles. The fourth-order valence-electron chi connectivity index (χ4n) is 1.89. The van der Waals surface area contributed by atoms with E-state index in [0.29, 0.717) is 6.42 Å². The topological polar surface area (TPSA) is 78.6 Å². The number of nitrogens with zero attached hydrogens (tertiary/aromatic N) is 1. The van der Waals surface area contributed by atoms with Crippen LogP contribution in [-0.4, -0.2) is 41.7 Å². The number of nitrogens with two attached hydrogens (primary N) is 1. The molecule has 1 aliphatic rings. The van der Waals surface area contributed by atoms with E-state index in [2.05, 4.69) is 10.3 Å². The van der Waals surface area contributed by atoms with E-state index in [0.717, 1.165) is 45.3 Å². The van der Waals surface area contributed by atoms with Gasteiger partial charge in [0.25, 0.3) is 0 Å². The Morgan fingerprint density at radius 2 is 2.27 bits per heavy atom. The number of hydrazine groups is 1. The molecule has 1 atom stereocenters. The number of β-amino-alcohol motifs (C(OH)–C–C–N with tert-alkyl or cyclic N) is 1. The lowest BCUT2D eigenvalue weighted by Crippen LogP contribution is -2.29. The van der Waals surface area contributed by atoms with Gasteiger partial charge in [0.05, 0.1) is 6.10 Å². The molecule has 1 amide bonds. The van der Waals surface area contributed by atoms with Gasteiger partial charge in [-0.3, -0.25) is 10.2 Å². The summed E-state index contributed by atoms with van der Waals surface area (Å²) in [5.74, 6) is 4.87. The third-order valence-corrected chi connectivity index (χ3v) is 2.79. The highest BCUT2D eigenvalue weighted by Gasteiger charge is 2.18. The molecule has 0 radical (unpaired) electrons. The standard InChI is InChI=1S/C10H21N3O2/c11-12-10(15)4-2-1-3-6-13-7-5-9(14)8-13/h9,14H,1-8,11H2,(H,12,15). The van der Waals surface area contributed by atoms with Gasteiger partial charge in [0.1, 0.15) is 0 Å². The van der Waals surface area contributed by atoms with Gasteiger partial charge in [-0.25, -0.2) is 5.84 Å². The molecule has 88 valence electrons. The van der Waals surface area contributed by atoms with Crippen molar-refractivity contribution in [1.82, 2.24) is 10.3 Å². The van der Waals surface area contributed by atoms with Crippen LogP contribution in [0.2, 0.25) is 0 Å². The van der Waals surface area contributed by atoms with Crippen LogP contribution in [0.25, 0.3) is 0 Å². The molecular weight excluding hydrogens is 194 g/mol. The Morgan fingerprint density at radius 3 is 2.87 bits per heavy atom. The number of rotatable bonds is 6. The molecule has 1 heterocycles. The first kappa shape index (κ1) is 12.4. The molecular formula is C10H21N3O2. The van der Waals surface area contributed by atoms with E-state index in [1.165, 1.54) is 0 Å². The summed E-state index contributed by atoms with van der Waals surface area (Å²) >= 11 is 0. The van der Waals surface area contributed by atoms with Crippen molar-refractivity contribution in [3.63, 3.8) is 0 Å². The van der Waals surface area contributed by atoms with Crippen LogP contribution >= 0.6 is 0 Å². The number of hydrogen-bond donors (Lipinski definition) is 3. The predicted molar refractivity (Wildman–Crippen MR) is 57.9 cm³/mol. The van der Waals surface area contributed by atoms with E-state index < -0.39 is 0 Å². The molecule has 1 fully saturated rings. The highest BCUT2D eigenvalue weighted by molar-refractivity contribution is 5.74. The van der Waals surface area contributed by atoms with Gasteiger partial charge in [-0.15, -0.1) is 0 Å². The van der Waals surface area contributed by atoms with Gasteiger partial charge < -0.3 is 10.0 Å². The minimum absolute atomic E-state index is 0.0911. The number of likely N-dealkylation sites (tertiary alicyclic amines) is 1. The zero-order valence-corrected chi connectivity index (χ0v) is 9.11. The number of nitrogens with one attached hydrogen (secondary N) is 1. The Kier molecular flexibility index (Phi) is 5.60. The van der Waals surface area contributed by atoms with Gasteiger partial charge in [0.2, 0.25) is 5.91 Å². The summed E-state index contributed by atoms with van der Waals surface area (Å²) in [7, 11) is 0. The summed E-state index contributed by atoms with van der Waals surface area (Å²) in [6.07, 6.45) is 4.30. The Labute approximate surface area is 90.6 Å². The molecule has 1 saturated heterocycles. The number of unbranched alkanes of at least 4 members (excludes halogenated alkanes) is 2. The van der Waals surface area contributed by atoms with E-state index >= 15 is 0 Å². The van der Waals surface area contributed by atoms with E-state index in [1.54, 1.807) is 0 Å². The molecule has 0 bridgehead atoms. The lowest BCUT2D eigenvalue weighted by Gasteiger charge is -2.13. The highest BCUT2D eigenvalue weighted by Crippen LogP contribution is 2.10. The average Bonchev–Trinajstić information content (AvgIpc) is 2.63. The maximum absolute atomic E-state index is 10.8. The van der Waals surface area contributed by atoms with Gasteiger partial charge in [0, 0.05) is 19.5 Å². The van der Waals surface area contributed by atoms with Crippen molar-refractivity contribution >= 4 is 5.91 Å². The second kappa shape index (κ2) is 6.76. The van der Waals surface area contributed by atoms with Crippen molar-refractivity contribution in [3.8, 4) is 0 Å². The fourth-order valence-corrected chi connectivity index (χ4v) is 1.89. The number of amides is 1. The van der Waals surface area contributed by atoms with Crippen molar-refractivity contribution in [1.29, 1.82) is 0 Å². The minimum Gasteiger partial charge on any atom is -0.392 e. The van der Waals surface area contributed by atoms with Crippen LogP contribution in [0.1, 0.15) is 32.1 Å². The third kappa shape index (κ3) is 5.11. The number of carbonyl (C=O) groups excluding carboxylic acids is 1. The zero-order chi connectivity index (χ0) is 11.1. The van der Waals surface area contributed by atoms with E-state index in [1.807, 2.05) is 0 Å². The lowest BCUT2D eigenvalue weighted by atomic mass is 10.2. The van der Waals surface area contributed by atoms with Crippen LogP contribution in [0, 0.1) is 0 Å². The average molecular weight is 215 g/mol. The van der Waals surface area contributed by atoms with Crippen LogP contribution in [0.15, 0.2) is 0 Å². The Morgan fingerprint density at radius 1 is 1.47 bits per heavy atom. The maximum atomic E-state index is 10.8. The molecule has 0 aliphatic carbocycles. The molecule has 4 N–H and O–H groups in total. The van der Waals surface area contributed by atoms with Gasteiger partial charge in [-0.05, 0) is 25.8 Å². The molecule has 0 saturated carbocycles. The molecule has 15 heavy (non-hydrogen) atoms. The minimum atomic E-state index is -0.131. The summed E-state index contributed by atoms with van der Waals surface area (Å²) in [4.78, 5) is 13.1. The summed E-state index contributed by atoms with van der Waals surface area (Å²) < 4.78 is 0. The van der Waals surface area contributed by atoms with Gasteiger partial charge >= 0.3 is 0 Å². The van der Waals surface area contributed by atoms with Crippen LogP contribution in [-0.2, 0) is 4.79 Å². The summed E-state index contributed by atoms with van der Waals surface area (Å²) in [6.45, 7) is 2.84. The largest absolute Gasteiger partial charge is 0.392 e. The van der Waals surface area contributed by atoms with Crippen LogP contribution in [0.4, 0.5) is 0 Å². The quantitative estimate of drug-likeness (QED) is 0.244. The second-order valence-corrected chi connectivity index (χ2v) is 4.12. The predicted octanol–water partition coefficient (Wildman–Crippen LogP) is -0.397. The van der Waals surface area contributed by atoms with E-state index in [-0.39, 0.29) is 12.0 Å². The molecule has 1 unspecified atom stereocenters. The summed E-state index contributed by atoms with van der Waals surface area (Å²) in [6, 6.07) is 0. The first-order valence-electron chi connectivity index (χ1n) is 5.62. The van der Waals surface area contributed by atoms with Crippen molar-refractivity contribution in [2.24, 2.45) is 5.84 Å². The van der Waals surface area contributed by atoms with Crippen molar-refractivity contribution in [3.05, 3.63) is 0 Å². The smallest absolute Gasteiger partial charge is 0.233 e. The van der Waals surface area contributed by atoms with Crippen molar-refractivity contribution in [2.45, 2.75) is 38.2 Å². The normalized spacial score (nSPS) is 21.9. The second-order valence-electron chi connectivity index (χ2n) is 4.12. The first-order chi connectivity index (χ1) is 7.22. The summed E-state index contributed by atoms with van der Waals surface area (Å²) in [5, 5.41) is 9.30. The number of hydrogen-bond acceptors (Lipinski definition) is 4. The fraction of sp³-hybridized carbons (Fsp3) is 0.900. The van der Waals surface area contributed by atoms with E-state index in [4.69, 9.17) is 5.84 Å². The van der Waals surface area contributed by atoms with Crippen LogP contribution in [0.5, 0.6) is 0 Å². The van der Waals surface area contributed by atoms with Gasteiger partial charge in [-0.2, -0.15) is 0 Å². The van der Waals surface area contributed by atoms with Gasteiger partial charge in [0.15, 0.2) is 0 Å². The number of aliphatic hydroxyl groups excluding tert-OH is 1. The monoisotopic (exact) mass is 215 g/mol. The lowest BCUT2D eigenvalue weighted by molar-refractivity contribution is -0.121. The van der Waals surface area contributed by atoms with Crippen molar-refractivity contribution in [2.75, 3.05) is 19.6 Å². The molecule has 1 rings (SSSR count). The number of carbonyl (C=O) groups is 1. The SMILES string of the molecule is NNC(=O)CCCCCN1CCC(O)C1. The Bertz CT molecular complexity index is 199. The van der Waals surface area contributed by atoms with Crippen molar-refractivity contribution < 1.29 is 9.90 Å². The molecule has 0 spiro atoms. The summed E-state index contributed by atoms with van der Waals surface area (Å²) in [5.41, 5.74) is 2.12. The molecule has 0 aromatic rings. The molecule has 1 aliphatic heterocycles. The molecule has 5 heteroatoms. The third-order valence-electron chi connectivity index (χ3n) is 2.79. The maximum Gasteiger partial charge on any atom is 0.233 e. The van der Waals surface area contributed by atoms with Crippen LogP contribution in [0.3, 0.4) is 0 Å². The first-order valence-corrected chi connectivity index (χ1v) is 5.62. The zero-order valence-electron chi connectivity index (χ0n) is 9.11.